The van der Waals surface area contributed by atoms with Gasteiger partial charge in [-0.3, -0.25) is 9.59 Å². The molecule has 2 rings (SSSR count). The summed E-state index contributed by atoms with van der Waals surface area (Å²) >= 11 is 0. The number of benzene rings is 1. The predicted molar refractivity (Wildman–Crippen MR) is 81.0 cm³/mol. The van der Waals surface area contributed by atoms with E-state index in [1.165, 1.54) is 0 Å². The van der Waals surface area contributed by atoms with Gasteiger partial charge < -0.3 is 15.7 Å². The molecule has 0 spiro atoms. The number of aliphatic carboxylic acids is 1. The molecule has 3 N–H and O–H groups in total. The number of amides is 1. The van der Waals surface area contributed by atoms with E-state index in [1.807, 2.05) is 6.92 Å². The van der Waals surface area contributed by atoms with Crippen LogP contribution in [0.1, 0.15) is 43.0 Å². The van der Waals surface area contributed by atoms with Crippen LogP contribution in [0.4, 0.5) is 5.69 Å². The standard InChI is InChI=1S/C16H22N2O3/c1-2-7-16(15(20)21)8-10-18(11-9-16)14(19)12-5-3-4-6-13(12)17/h3-6H,2,7-11,17H2,1H3,(H,20,21). The Hall–Kier alpha value is -2.04. The number of hydrogen-bond donors (Lipinski definition) is 2. The molecule has 1 aliphatic heterocycles. The number of rotatable bonds is 4. The van der Waals surface area contributed by atoms with Crippen LogP contribution in [0.3, 0.4) is 0 Å². The zero-order chi connectivity index (χ0) is 15.5. The quantitative estimate of drug-likeness (QED) is 0.834. The summed E-state index contributed by atoms with van der Waals surface area (Å²) in [6.45, 7) is 2.94. The maximum absolute atomic E-state index is 12.5. The number of carboxylic acid groups (broad SMARTS) is 1. The summed E-state index contributed by atoms with van der Waals surface area (Å²) in [5.41, 5.74) is 6.12. The molecule has 1 aromatic rings. The minimum atomic E-state index is -0.740. The smallest absolute Gasteiger partial charge is 0.309 e. The first-order chi connectivity index (χ1) is 10.00. The van der Waals surface area contributed by atoms with E-state index in [4.69, 9.17) is 5.73 Å². The molecule has 1 aliphatic rings. The van der Waals surface area contributed by atoms with Crippen LogP contribution in [0, 0.1) is 5.41 Å². The highest BCUT2D eigenvalue weighted by atomic mass is 16.4. The summed E-state index contributed by atoms with van der Waals surface area (Å²) < 4.78 is 0. The fourth-order valence-corrected chi connectivity index (χ4v) is 3.05. The first-order valence-electron chi connectivity index (χ1n) is 7.37. The number of piperidine rings is 1. The van der Waals surface area contributed by atoms with Gasteiger partial charge in [0.2, 0.25) is 0 Å². The van der Waals surface area contributed by atoms with E-state index in [0.717, 1.165) is 6.42 Å². The van der Waals surface area contributed by atoms with Crippen LogP contribution in [0.2, 0.25) is 0 Å². The lowest BCUT2D eigenvalue weighted by Crippen LogP contribution is -2.46. The number of para-hydroxylation sites is 1. The average Bonchev–Trinajstić information content (AvgIpc) is 2.48. The molecule has 0 bridgehead atoms. The molecule has 1 fully saturated rings. The van der Waals surface area contributed by atoms with Crippen molar-refractivity contribution in [3.63, 3.8) is 0 Å². The summed E-state index contributed by atoms with van der Waals surface area (Å²) in [5, 5.41) is 9.48. The zero-order valence-corrected chi connectivity index (χ0v) is 12.3. The molecule has 0 aliphatic carbocycles. The van der Waals surface area contributed by atoms with Crippen LogP contribution in [-0.2, 0) is 4.79 Å². The first kappa shape index (κ1) is 15.4. The van der Waals surface area contributed by atoms with Crippen molar-refractivity contribution in [1.82, 2.24) is 4.90 Å². The van der Waals surface area contributed by atoms with Crippen LogP contribution in [0.15, 0.2) is 24.3 Å². The number of carbonyl (C=O) groups is 2. The number of carbonyl (C=O) groups excluding carboxylic acids is 1. The Morgan fingerprint density at radius 1 is 1.29 bits per heavy atom. The van der Waals surface area contributed by atoms with Crippen molar-refractivity contribution in [2.45, 2.75) is 32.6 Å². The van der Waals surface area contributed by atoms with Crippen LogP contribution < -0.4 is 5.73 Å². The normalized spacial score (nSPS) is 17.5. The van der Waals surface area contributed by atoms with Gasteiger partial charge in [-0.05, 0) is 31.4 Å². The molecule has 1 heterocycles. The van der Waals surface area contributed by atoms with E-state index in [1.54, 1.807) is 29.2 Å². The van der Waals surface area contributed by atoms with Crippen molar-refractivity contribution in [1.29, 1.82) is 0 Å². The van der Waals surface area contributed by atoms with Crippen LogP contribution in [0.25, 0.3) is 0 Å². The maximum atomic E-state index is 12.5. The Morgan fingerprint density at radius 2 is 1.90 bits per heavy atom. The number of anilines is 1. The molecule has 0 atom stereocenters. The van der Waals surface area contributed by atoms with Crippen LogP contribution in [-0.4, -0.2) is 35.0 Å². The molecule has 0 aromatic heterocycles. The number of likely N-dealkylation sites (tertiary alicyclic amines) is 1. The van der Waals surface area contributed by atoms with Gasteiger partial charge in [0.05, 0.1) is 11.0 Å². The lowest BCUT2D eigenvalue weighted by molar-refractivity contribution is -0.152. The highest BCUT2D eigenvalue weighted by Crippen LogP contribution is 2.37. The molecule has 21 heavy (non-hydrogen) atoms. The Kier molecular flexibility index (Phi) is 4.50. The highest BCUT2D eigenvalue weighted by Gasteiger charge is 2.41. The third-order valence-corrected chi connectivity index (χ3v) is 4.38. The molecule has 1 saturated heterocycles. The molecule has 0 saturated carbocycles. The average molecular weight is 290 g/mol. The van der Waals surface area contributed by atoms with Crippen molar-refractivity contribution in [2.24, 2.45) is 5.41 Å². The van der Waals surface area contributed by atoms with E-state index < -0.39 is 11.4 Å². The van der Waals surface area contributed by atoms with Gasteiger partial charge >= 0.3 is 5.97 Å². The van der Waals surface area contributed by atoms with E-state index in [9.17, 15) is 14.7 Å². The predicted octanol–water partition coefficient (Wildman–Crippen LogP) is 2.38. The number of nitrogen functional groups attached to an aromatic ring is 1. The van der Waals surface area contributed by atoms with Gasteiger partial charge in [0, 0.05) is 18.8 Å². The summed E-state index contributed by atoms with van der Waals surface area (Å²) in [4.78, 5) is 25.7. The second-order valence-electron chi connectivity index (χ2n) is 5.71. The van der Waals surface area contributed by atoms with E-state index >= 15 is 0 Å². The second-order valence-corrected chi connectivity index (χ2v) is 5.71. The third kappa shape index (κ3) is 3.01. The van der Waals surface area contributed by atoms with Gasteiger partial charge in [-0.25, -0.2) is 0 Å². The Balaban J connectivity index is 2.09. The minimum Gasteiger partial charge on any atom is -0.481 e. The van der Waals surface area contributed by atoms with Gasteiger partial charge in [-0.15, -0.1) is 0 Å². The molecule has 114 valence electrons. The SMILES string of the molecule is CCCC1(C(=O)O)CCN(C(=O)c2ccccc2N)CC1. The van der Waals surface area contributed by atoms with Crippen molar-refractivity contribution >= 4 is 17.6 Å². The molecule has 5 heteroatoms. The molecule has 0 radical (unpaired) electrons. The number of carboxylic acids is 1. The second kappa shape index (κ2) is 6.16. The third-order valence-electron chi connectivity index (χ3n) is 4.38. The van der Waals surface area contributed by atoms with E-state index in [2.05, 4.69) is 0 Å². The van der Waals surface area contributed by atoms with Crippen molar-refractivity contribution in [3.05, 3.63) is 29.8 Å². The fourth-order valence-electron chi connectivity index (χ4n) is 3.05. The Labute approximate surface area is 124 Å². The molecular formula is C16H22N2O3. The van der Waals surface area contributed by atoms with Crippen molar-refractivity contribution in [2.75, 3.05) is 18.8 Å². The minimum absolute atomic E-state index is 0.108. The highest BCUT2D eigenvalue weighted by molar-refractivity contribution is 5.99. The summed E-state index contributed by atoms with van der Waals surface area (Å²) in [6, 6.07) is 6.99. The monoisotopic (exact) mass is 290 g/mol. The van der Waals surface area contributed by atoms with Gasteiger partial charge in [0.1, 0.15) is 0 Å². The lowest BCUT2D eigenvalue weighted by atomic mass is 9.75. The first-order valence-corrected chi connectivity index (χ1v) is 7.37. The number of nitrogens with two attached hydrogens (primary N) is 1. The maximum Gasteiger partial charge on any atom is 0.309 e. The summed E-state index contributed by atoms with van der Waals surface area (Å²) in [6.07, 6.45) is 2.52. The Bertz CT molecular complexity index is 534. The van der Waals surface area contributed by atoms with Gasteiger partial charge in [-0.1, -0.05) is 25.5 Å². The van der Waals surface area contributed by atoms with Crippen molar-refractivity contribution < 1.29 is 14.7 Å². The lowest BCUT2D eigenvalue weighted by Gasteiger charge is -2.39. The topological polar surface area (TPSA) is 83.6 Å². The van der Waals surface area contributed by atoms with E-state index in [-0.39, 0.29) is 5.91 Å². The molecule has 0 unspecified atom stereocenters. The van der Waals surface area contributed by atoms with Gasteiger partial charge in [0.15, 0.2) is 0 Å². The van der Waals surface area contributed by atoms with E-state index in [0.29, 0.717) is 43.6 Å². The molecule has 1 amide bonds. The van der Waals surface area contributed by atoms with Gasteiger partial charge in [-0.2, -0.15) is 0 Å². The summed E-state index contributed by atoms with van der Waals surface area (Å²) in [5.74, 6) is -0.848. The summed E-state index contributed by atoms with van der Waals surface area (Å²) in [7, 11) is 0. The van der Waals surface area contributed by atoms with Gasteiger partial charge in [0.25, 0.3) is 5.91 Å². The zero-order valence-electron chi connectivity index (χ0n) is 12.3. The number of hydrogen-bond acceptors (Lipinski definition) is 3. The van der Waals surface area contributed by atoms with Crippen LogP contribution in [0.5, 0.6) is 0 Å². The van der Waals surface area contributed by atoms with Crippen molar-refractivity contribution in [3.8, 4) is 0 Å². The molecular weight excluding hydrogens is 268 g/mol. The number of nitrogens with zero attached hydrogens (tertiary/aromatic N) is 1. The Morgan fingerprint density at radius 3 is 2.43 bits per heavy atom. The van der Waals surface area contributed by atoms with Crippen LogP contribution >= 0.6 is 0 Å². The molecule has 1 aromatic carbocycles. The molecule has 5 nitrogen and oxygen atoms in total. The fraction of sp³-hybridized carbons (Fsp3) is 0.500. The largest absolute Gasteiger partial charge is 0.481 e.